The van der Waals surface area contributed by atoms with Crippen molar-refractivity contribution in [2.45, 2.75) is 58.1 Å². The first-order valence-corrected chi connectivity index (χ1v) is 7.75. The molecule has 0 aromatic carbocycles. The molecule has 0 aliphatic carbocycles. The summed E-state index contributed by atoms with van der Waals surface area (Å²) in [6, 6.07) is -0.514. The minimum Gasteiger partial charge on any atom is -0.444 e. The summed E-state index contributed by atoms with van der Waals surface area (Å²) in [5.74, 6) is -0.219. The minimum atomic E-state index is -0.837. The lowest BCUT2D eigenvalue weighted by atomic mass is 10.2. The molecule has 1 aliphatic rings. The molecule has 0 saturated carbocycles. The number of hydrogen-bond donors (Lipinski definition) is 1. The lowest BCUT2D eigenvalue weighted by Crippen LogP contribution is -2.47. The second-order valence-electron chi connectivity index (χ2n) is 6.39. The van der Waals surface area contributed by atoms with Crippen LogP contribution >= 0.6 is 0 Å². The summed E-state index contributed by atoms with van der Waals surface area (Å²) in [5, 5.41) is 11.9. The molecule has 2 amide bonds. The first kappa shape index (κ1) is 19.0. The summed E-state index contributed by atoms with van der Waals surface area (Å²) < 4.78 is 5.31. The molecule has 1 saturated heterocycles. The Balaban J connectivity index is 2.34. The number of carbonyl (C=O) groups excluding carboxylic acids is 2. The van der Waals surface area contributed by atoms with E-state index in [1.54, 1.807) is 20.8 Å². The topological polar surface area (TPSA) is 111 Å². The van der Waals surface area contributed by atoms with E-state index in [0.717, 1.165) is 6.42 Å². The number of carbonyl (C=O) groups is 2. The van der Waals surface area contributed by atoms with E-state index < -0.39 is 22.8 Å². The predicted octanol–water partition coefficient (Wildman–Crippen LogP) is 1.49. The van der Waals surface area contributed by atoms with Crippen LogP contribution in [0.4, 0.5) is 4.79 Å². The Bertz CT molecular complexity index is 435. The zero-order chi connectivity index (χ0) is 17.5. The van der Waals surface area contributed by atoms with Crippen molar-refractivity contribution in [3.63, 3.8) is 0 Å². The Morgan fingerprint density at radius 3 is 2.65 bits per heavy atom. The van der Waals surface area contributed by atoms with E-state index in [0.29, 0.717) is 32.4 Å². The second kappa shape index (κ2) is 8.54. The van der Waals surface area contributed by atoms with Crippen LogP contribution in [0.25, 0.3) is 0 Å². The molecule has 1 heterocycles. The SMILES string of the molecule is CC(C)(C)OC(=O)N1CCCC1C(=O)NCCCCO[N+](=O)[O-]. The number of rotatable bonds is 7. The second-order valence-corrected chi connectivity index (χ2v) is 6.39. The van der Waals surface area contributed by atoms with E-state index >= 15 is 0 Å². The molecule has 0 aromatic rings. The zero-order valence-electron chi connectivity index (χ0n) is 13.9. The van der Waals surface area contributed by atoms with Crippen LogP contribution in [-0.4, -0.2) is 53.3 Å². The van der Waals surface area contributed by atoms with Gasteiger partial charge in [0.1, 0.15) is 11.6 Å². The molecule has 1 aliphatic heterocycles. The van der Waals surface area contributed by atoms with Gasteiger partial charge < -0.3 is 14.9 Å². The monoisotopic (exact) mass is 331 g/mol. The van der Waals surface area contributed by atoms with Gasteiger partial charge >= 0.3 is 6.09 Å². The summed E-state index contributed by atoms with van der Waals surface area (Å²) in [6.07, 6.45) is 1.93. The summed E-state index contributed by atoms with van der Waals surface area (Å²) in [4.78, 5) is 39.9. The Morgan fingerprint density at radius 2 is 2.04 bits per heavy atom. The van der Waals surface area contributed by atoms with Crippen LogP contribution < -0.4 is 5.32 Å². The van der Waals surface area contributed by atoms with Gasteiger partial charge in [0.05, 0.1) is 6.61 Å². The molecule has 0 radical (unpaired) electrons. The maximum atomic E-state index is 12.2. The van der Waals surface area contributed by atoms with Gasteiger partial charge in [-0.1, -0.05) is 0 Å². The zero-order valence-corrected chi connectivity index (χ0v) is 13.9. The van der Waals surface area contributed by atoms with Gasteiger partial charge in [0.15, 0.2) is 0 Å². The molecule has 1 unspecified atom stereocenters. The van der Waals surface area contributed by atoms with Crippen LogP contribution in [0.1, 0.15) is 46.5 Å². The number of likely N-dealkylation sites (tertiary alicyclic amines) is 1. The molecule has 132 valence electrons. The molecular formula is C14H25N3O6. The third kappa shape index (κ3) is 7.16. The first-order valence-electron chi connectivity index (χ1n) is 7.75. The average molecular weight is 331 g/mol. The smallest absolute Gasteiger partial charge is 0.410 e. The van der Waals surface area contributed by atoms with Crippen LogP contribution in [0.5, 0.6) is 0 Å². The van der Waals surface area contributed by atoms with E-state index in [1.165, 1.54) is 4.90 Å². The largest absolute Gasteiger partial charge is 0.444 e. The van der Waals surface area contributed by atoms with Crippen LogP contribution in [0.15, 0.2) is 0 Å². The van der Waals surface area contributed by atoms with Crippen molar-refractivity contribution in [2.75, 3.05) is 19.7 Å². The highest BCUT2D eigenvalue weighted by atomic mass is 16.9. The van der Waals surface area contributed by atoms with Gasteiger partial charge in [0.25, 0.3) is 5.09 Å². The molecule has 9 heteroatoms. The van der Waals surface area contributed by atoms with Crippen LogP contribution in [0.2, 0.25) is 0 Å². The van der Waals surface area contributed by atoms with Crippen molar-refractivity contribution < 1.29 is 24.3 Å². The van der Waals surface area contributed by atoms with E-state index in [-0.39, 0.29) is 12.5 Å². The highest BCUT2D eigenvalue weighted by Crippen LogP contribution is 2.20. The molecule has 0 aromatic heterocycles. The highest BCUT2D eigenvalue weighted by Gasteiger charge is 2.36. The number of nitrogens with zero attached hydrogens (tertiary/aromatic N) is 2. The lowest BCUT2D eigenvalue weighted by Gasteiger charge is -2.28. The summed E-state index contributed by atoms with van der Waals surface area (Å²) >= 11 is 0. The summed E-state index contributed by atoms with van der Waals surface area (Å²) in [5.41, 5.74) is -0.599. The standard InChI is InChI=1S/C14H25N3O6/c1-14(2,3)23-13(19)16-9-6-7-11(16)12(18)15-8-4-5-10-22-17(20)21/h11H,4-10H2,1-3H3,(H,15,18). The fourth-order valence-electron chi connectivity index (χ4n) is 2.27. The number of hydrogen-bond acceptors (Lipinski definition) is 6. The van der Waals surface area contributed by atoms with E-state index in [2.05, 4.69) is 10.2 Å². The molecular weight excluding hydrogens is 306 g/mol. The fraction of sp³-hybridized carbons (Fsp3) is 0.857. The van der Waals surface area contributed by atoms with Crippen molar-refractivity contribution in [2.24, 2.45) is 0 Å². The number of ether oxygens (including phenoxy) is 1. The lowest BCUT2D eigenvalue weighted by molar-refractivity contribution is -0.757. The van der Waals surface area contributed by atoms with Crippen LogP contribution in [0, 0.1) is 10.1 Å². The van der Waals surface area contributed by atoms with Gasteiger partial charge in [-0.15, -0.1) is 10.1 Å². The Hall–Kier alpha value is -2.06. The van der Waals surface area contributed by atoms with E-state index in [4.69, 9.17) is 4.74 Å². The quantitative estimate of drug-likeness (QED) is 0.430. The Morgan fingerprint density at radius 1 is 1.35 bits per heavy atom. The molecule has 9 nitrogen and oxygen atoms in total. The average Bonchev–Trinajstić information content (AvgIpc) is 2.89. The van der Waals surface area contributed by atoms with Crippen molar-refractivity contribution in [3.05, 3.63) is 10.1 Å². The van der Waals surface area contributed by atoms with Gasteiger partial charge in [-0.3, -0.25) is 9.69 Å². The molecule has 1 N–H and O–H groups in total. The Kier molecular flexibility index (Phi) is 7.05. The van der Waals surface area contributed by atoms with Gasteiger partial charge in [-0.05, 0) is 46.5 Å². The molecule has 0 spiro atoms. The molecule has 1 fully saturated rings. The van der Waals surface area contributed by atoms with E-state index in [1.807, 2.05) is 0 Å². The van der Waals surface area contributed by atoms with Crippen molar-refractivity contribution in [1.82, 2.24) is 10.2 Å². The third-order valence-corrected chi connectivity index (χ3v) is 3.25. The Labute approximate surface area is 135 Å². The molecule has 1 rings (SSSR count). The summed E-state index contributed by atoms with van der Waals surface area (Å²) in [7, 11) is 0. The maximum absolute atomic E-state index is 12.2. The third-order valence-electron chi connectivity index (χ3n) is 3.25. The van der Waals surface area contributed by atoms with Gasteiger partial charge in [-0.25, -0.2) is 4.79 Å². The van der Waals surface area contributed by atoms with Crippen molar-refractivity contribution in [3.8, 4) is 0 Å². The summed E-state index contributed by atoms with van der Waals surface area (Å²) in [6.45, 7) is 6.24. The van der Waals surface area contributed by atoms with Crippen molar-refractivity contribution >= 4 is 12.0 Å². The predicted molar refractivity (Wildman–Crippen MR) is 81.2 cm³/mol. The normalized spacial score (nSPS) is 17.7. The maximum Gasteiger partial charge on any atom is 0.410 e. The van der Waals surface area contributed by atoms with Gasteiger partial charge in [0.2, 0.25) is 5.91 Å². The minimum absolute atomic E-state index is 0.0103. The fourth-order valence-corrected chi connectivity index (χ4v) is 2.27. The number of unbranched alkanes of at least 4 members (excludes halogenated alkanes) is 1. The first-order chi connectivity index (χ1) is 10.7. The molecule has 23 heavy (non-hydrogen) atoms. The van der Waals surface area contributed by atoms with Crippen LogP contribution in [-0.2, 0) is 14.4 Å². The molecule has 1 atom stereocenters. The highest BCUT2D eigenvalue weighted by molar-refractivity contribution is 5.86. The number of amides is 2. The van der Waals surface area contributed by atoms with Gasteiger partial charge in [-0.2, -0.15) is 0 Å². The number of nitrogens with one attached hydrogen (secondary N) is 1. The van der Waals surface area contributed by atoms with Crippen LogP contribution in [0.3, 0.4) is 0 Å². The van der Waals surface area contributed by atoms with E-state index in [9.17, 15) is 19.7 Å². The van der Waals surface area contributed by atoms with Crippen molar-refractivity contribution in [1.29, 1.82) is 0 Å². The molecule has 0 bridgehead atoms. The van der Waals surface area contributed by atoms with Gasteiger partial charge in [0, 0.05) is 13.1 Å².